The first kappa shape index (κ1) is 20.2. The van der Waals surface area contributed by atoms with Crippen molar-refractivity contribution in [2.75, 3.05) is 18.6 Å². The van der Waals surface area contributed by atoms with E-state index in [9.17, 15) is 4.79 Å². The first-order valence-corrected chi connectivity index (χ1v) is 10.2. The van der Waals surface area contributed by atoms with Crippen LogP contribution in [0.15, 0.2) is 42.5 Å². The molecule has 1 aromatic heterocycles. The van der Waals surface area contributed by atoms with Gasteiger partial charge in [-0.05, 0) is 48.7 Å². The number of ether oxygens (including phenoxy) is 1. The van der Waals surface area contributed by atoms with Gasteiger partial charge in [0, 0.05) is 29.1 Å². The minimum absolute atomic E-state index is 0.0153. The number of carboxylic acids is 1. The fourth-order valence-electron chi connectivity index (χ4n) is 3.77. The van der Waals surface area contributed by atoms with Gasteiger partial charge in [-0.15, -0.1) is 0 Å². The number of benzene rings is 2. The van der Waals surface area contributed by atoms with Crippen LogP contribution in [0, 0.1) is 0 Å². The third kappa shape index (κ3) is 3.83. The van der Waals surface area contributed by atoms with Crippen LogP contribution in [0.2, 0.25) is 5.02 Å². The van der Waals surface area contributed by atoms with Crippen LogP contribution in [0.4, 0.5) is 11.5 Å². The van der Waals surface area contributed by atoms with Crippen molar-refractivity contribution in [3.8, 4) is 17.1 Å². The average Bonchev–Trinajstić information content (AvgIpc) is 3.17. The Bertz CT molecular complexity index is 1100. The number of aryl methyl sites for hydroxylation is 1. The van der Waals surface area contributed by atoms with E-state index in [1.165, 1.54) is 0 Å². The molecule has 0 saturated carbocycles. The van der Waals surface area contributed by atoms with Crippen molar-refractivity contribution in [3.05, 3.63) is 64.3 Å². The maximum Gasteiger partial charge on any atom is 0.307 e. The molecule has 2 heterocycles. The molecular weight excluding hydrogens is 402 g/mol. The quantitative estimate of drug-likeness (QED) is 0.619. The van der Waals surface area contributed by atoms with Crippen molar-refractivity contribution in [2.24, 2.45) is 0 Å². The zero-order valence-electron chi connectivity index (χ0n) is 16.9. The smallest absolute Gasteiger partial charge is 0.307 e. The molecule has 7 heteroatoms. The van der Waals surface area contributed by atoms with E-state index in [-0.39, 0.29) is 6.42 Å². The summed E-state index contributed by atoms with van der Waals surface area (Å²) >= 11 is 6.31. The van der Waals surface area contributed by atoms with Crippen LogP contribution in [-0.2, 0) is 24.1 Å². The van der Waals surface area contributed by atoms with Crippen LogP contribution in [0.5, 0.6) is 5.75 Å². The molecule has 1 N–H and O–H groups in total. The van der Waals surface area contributed by atoms with E-state index in [0.29, 0.717) is 16.6 Å². The minimum Gasteiger partial charge on any atom is -0.495 e. The molecule has 6 nitrogen and oxygen atoms in total. The molecule has 2 aromatic carbocycles. The number of methoxy groups -OCH3 is 1. The molecule has 4 rings (SSSR count). The number of carboxylic acid groups (broad SMARTS) is 1. The number of fused-ring (bicyclic) bond motifs is 1. The number of anilines is 2. The molecule has 0 aliphatic carbocycles. The highest BCUT2D eigenvalue weighted by Gasteiger charge is 2.26. The number of rotatable bonds is 6. The van der Waals surface area contributed by atoms with E-state index in [1.54, 1.807) is 7.11 Å². The van der Waals surface area contributed by atoms with Gasteiger partial charge in [0.05, 0.1) is 18.6 Å². The van der Waals surface area contributed by atoms with E-state index < -0.39 is 5.97 Å². The Morgan fingerprint density at radius 2 is 1.97 bits per heavy atom. The van der Waals surface area contributed by atoms with Crippen molar-refractivity contribution >= 4 is 29.1 Å². The molecule has 154 valence electrons. The standard InChI is InChI=1S/C23H22ClN3O3/c1-3-19-17-10-11-27(16-7-4-14(5-8-16)12-21(28)29)23(17)26-22(25-19)15-6-9-20(30-2)18(24)13-15/h4-9,13H,3,10-12H2,1-2H3,(H,28,29). The van der Waals surface area contributed by atoms with Crippen molar-refractivity contribution < 1.29 is 14.6 Å². The van der Waals surface area contributed by atoms with E-state index >= 15 is 0 Å². The Balaban J connectivity index is 1.73. The number of carbonyl (C=O) groups is 1. The molecular formula is C23H22ClN3O3. The van der Waals surface area contributed by atoms with Gasteiger partial charge in [-0.2, -0.15) is 0 Å². The molecule has 3 aromatic rings. The zero-order valence-corrected chi connectivity index (χ0v) is 17.6. The summed E-state index contributed by atoms with van der Waals surface area (Å²) in [6, 6.07) is 13.2. The maximum absolute atomic E-state index is 10.9. The first-order valence-electron chi connectivity index (χ1n) is 9.82. The Morgan fingerprint density at radius 1 is 1.20 bits per heavy atom. The first-order chi connectivity index (χ1) is 14.5. The summed E-state index contributed by atoms with van der Waals surface area (Å²) in [6.45, 7) is 2.90. The Labute approximate surface area is 180 Å². The second-order valence-corrected chi connectivity index (χ2v) is 7.54. The van der Waals surface area contributed by atoms with Crippen LogP contribution in [0.3, 0.4) is 0 Å². The molecule has 0 unspecified atom stereocenters. The van der Waals surface area contributed by atoms with Gasteiger partial charge in [-0.1, -0.05) is 30.7 Å². The molecule has 0 amide bonds. The lowest BCUT2D eigenvalue weighted by atomic mass is 10.1. The number of nitrogens with zero attached hydrogens (tertiary/aromatic N) is 3. The average molecular weight is 424 g/mol. The molecule has 30 heavy (non-hydrogen) atoms. The van der Waals surface area contributed by atoms with Gasteiger partial charge in [0.1, 0.15) is 11.6 Å². The largest absolute Gasteiger partial charge is 0.495 e. The van der Waals surface area contributed by atoms with Crippen LogP contribution in [0.1, 0.15) is 23.7 Å². The minimum atomic E-state index is -0.836. The van der Waals surface area contributed by atoms with Gasteiger partial charge in [0.25, 0.3) is 0 Å². The summed E-state index contributed by atoms with van der Waals surface area (Å²) in [5.74, 6) is 1.30. The lowest BCUT2D eigenvalue weighted by molar-refractivity contribution is -0.136. The molecule has 0 spiro atoms. The lowest BCUT2D eigenvalue weighted by Gasteiger charge is -2.20. The highest BCUT2D eigenvalue weighted by atomic mass is 35.5. The fourth-order valence-corrected chi connectivity index (χ4v) is 4.03. The maximum atomic E-state index is 10.9. The fraction of sp³-hybridized carbons (Fsp3) is 0.261. The van der Waals surface area contributed by atoms with Crippen LogP contribution < -0.4 is 9.64 Å². The molecule has 1 aliphatic heterocycles. The van der Waals surface area contributed by atoms with E-state index in [0.717, 1.165) is 53.3 Å². The monoisotopic (exact) mass is 423 g/mol. The van der Waals surface area contributed by atoms with Crippen molar-refractivity contribution in [1.29, 1.82) is 0 Å². The summed E-state index contributed by atoms with van der Waals surface area (Å²) in [4.78, 5) is 22.8. The molecule has 0 atom stereocenters. The summed E-state index contributed by atoms with van der Waals surface area (Å²) in [7, 11) is 1.58. The number of aromatic nitrogens is 2. The molecule has 0 saturated heterocycles. The van der Waals surface area contributed by atoms with Crippen LogP contribution in [0.25, 0.3) is 11.4 Å². The topological polar surface area (TPSA) is 75.6 Å². The van der Waals surface area contributed by atoms with E-state index in [1.807, 2.05) is 42.5 Å². The van der Waals surface area contributed by atoms with Gasteiger partial charge >= 0.3 is 5.97 Å². The second-order valence-electron chi connectivity index (χ2n) is 7.14. The Morgan fingerprint density at radius 3 is 2.60 bits per heavy atom. The summed E-state index contributed by atoms with van der Waals surface area (Å²) in [5, 5.41) is 9.50. The highest BCUT2D eigenvalue weighted by molar-refractivity contribution is 6.32. The second kappa shape index (κ2) is 8.32. The van der Waals surface area contributed by atoms with E-state index in [4.69, 9.17) is 31.4 Å². The number of aliphatic carboxylic acids is 1. The normalized spacial score (nSPS) is 12.7. The van der Waals surface area contributed by atoms with Gasteiger partial charge in [-0.25, -0.2) is 9.97 Å². The molecule has 0 fully saturated rings. The Hall–Kier alpha value is -3.12. The van der Waals surface area contributed by atoms with Gasteiger partial charge in [0.15, 0.2) is 5.82 Å². The third-order valence-corrected chi connectivity index (χ3v) is 5.56. The predicted octanol–water partition coefficient (Wildman–Crippen LogP) is 4.69. The third-order valence-electron chi connectivity index (χ3n) is 5.26. The van der Waals surface area contributed by atoms with Gasteiger partial charge < -0.3 is 14.7 Å². The summed E-state index contributed by atoms with van der Waals surface area (Å²) < 4.78 is 5.25. The Kier molecular flexibility index (Phi) is 5.59. The van der Waals surface area contributed by atoms with Gasteiger partial charge in [0.2, 0.25) is 0 Å². The SMILES string of the molecule is CCc1nc(-c2ccc(OC)c(Cl)c2)nc2c1CCN2c1ccc(CC(=O)O)cc1. The summed E-state index contributed by atoms with van der Waals surface area (Å²) in [6.07, 6.45) is 1.70. The molecule has 0 radical (unpaired) electrons. The number of hydrogen-bond donors (Lipinski definition) is 1. The lowest BCUT2D eigenvalue weighted by Crippen LogP contribution is -2.15. The van der Waals surface area contributed by atoms with Crippen molar-refractivity contribution in [1.82, 2.24) is 9.97 Å². The highest BCUT2D eigenvalue weighted by Crippen LogP contribution is 2.37. The predicted molar refractivity (Wildman–Crippen MR) is 117 cm³/mol. The zero-order chi connectivity index (χ0) is 21.3. The van der Waals surface area contributed by atoms with Crippen molar-refractivity contribution in [3.63, 3.8) is 0 Å². The molecule has 1 aliphatic rings. The number of halogens is 1. The van der Waals surface area contributed by atoms with Gasteiger partial charge in [-0.3, -0.25) is 4.79 Å². The summed E-state index contributed by atoms with van der Waals surface area (Å²) in [5.41, 5.74) is 4.79. The van der Waals surface area contributed by atoms with Crippen LogP contribution in [-0.4, -0.2) is 34.7 Å². The van der Waals surface area contributed by atoms with Crippen molar-refractivity contribution in [2.45, 2.75) is 26.2 Å². The van der Waals surface area contributed by atoms with Crippen LogP contribution >= 0.6 is 11.6 Å². The molecule has 0 bridgehead atoms. The van der Waals surface area contributed by atoms with E-state index in [2.05, 4.69) is 11.8 Å². The number of hydrogen-bond acceptors (Lipinski definition) is 5.